The molecule has 2 rings (SSSR count). The average molecular weight is 268 g/mol. The Hall–Kier alpha value is -0.570. The molecule has 0 aromatic heterocycles. The fourth-order valence-corrected chi connectivity index (χ4v) is 3.00. The van der Waals surface area contributed by atoms with Crippen LogP contribution in [0.15, 0.2) is 24.3 Å². The lowest BCUT2D eigenvalue weighted by Crippen LogP contribution is -2.32. The monoisotopic (exact) mass is 267 g/mol. The summed E-state index contributed by atoms with van der Waals surface area (Å²) in [5.41, 5.74) is 1.32. The number of hydrogen-bond donors (Lipinski definition) is 1. The van der Waals surface area contributed by atoms with Crippen LogP contribution in [0.3, 0.4) is 0 Å². The Labute approximate surface area is 115 Å². The summed E-state index contributed by atoms with van der Waals surface area (Å²) >= 11 is 5.96. The van der Waals surface area contributed by atoms with E-state index in [1.54, 1.807) is 0 Å². The van der Waals surface area contributed by atoms with Crippen molar-refractivity contribution in [3.63, 3.8) is 0 Å². The number of halogens is 1. The predicted octanol–water partition coefficient (Wildman–Crippen LogP) is 3.81. The Morgan fingerprint density at radius 2 is 2.06 bits per heavy atom. The fraction of sp³-hybridized carbons (Fsp3) is 0.600. The van der Waals surface area contributed by atoms with E-state index in [1.165, 1.54) is 5.56 Å². The summed E-state index contributed by atoms with van der Waals surface area (Å²) in [7, 11) is 0. The minimum Gasteiger partial charge on any atom is -0.378 e. The van der Waals surface area contributed by atoms with E-state index in [9.17, 15) is 0 Å². The lowest BCUT2D eigenvalue weighted by atomic mass is 9.86. The molecule has 1 aromatic carbocycles. The Balaban J connectivity index is 2.19. The number of rotatable bonds is 5. The molecule has 1 N–H and O–H groups in total. The van der Waals surface area contributed by atoms with E-state index in [1.807, 2.05) is 12.1 Å². The summed E-state index contributed by atoms with van der Waals surface area (Å²) in [4.78, 5) is 0. The molecule has 2 nitrogen and oxygen atoms in total. The van der Waals surface area contributed by atoms with Crippen molar-refractivity contribution in [2.45, 2.75) is 38.8 Å². The number of hydrogen-bond acceptors (Lipinski definition) is 2. The van der Waals surface area contributed by atoms with Gasteiger partial charge in [0.05, 0.1) is 6.10 Å². The van der Waals surface area contributed by atoms with Gasteiger partial charge in [-0.3, -0.25) is 0 Å². The van der Waals surface area contributed by atoms with Crippen molar-refractivity contribution in [3.05, 3.63) is 34.9 Å². The number of nitrogens with one attached hydrogen (secondary N) is 1. The van der Waals surface area contributed by atoms with E-state index in [2.05, 4.69) is 31.3 Å². The van der Waals surface area contributed by atoms with Crippen molar-refractivity contribution >= 4 is 11.6 Å². The SMILES string of the molecule is CCNC(c1ccc(Cl)cc1)C1CCOC1CC. The highest BCUT2D eigenvalue weighted by atomic mass is 35.5. The van der Waals surface area contributed by atoms with Crippen LogP contribution >= 0.6 is 11.6 Å². The first kappa shape index (κ1) is 13.9. The van der Waals surface area contributed by atoms with Gasteiger partial charge in [0.25, 0.3) is 0 Å². The van der Waals surface area contributed by atoms with Crippen LogP contribution in [-0.4, -0.2) is 19.3 Å². The van der Waals surface area contributed by atoms with Gasteiger partial charge in [-0.05, 0) is 37.1 Å². The van der Waals surface area contributed by atoms with Crippen LogP contribution < -0.4 is 5.32 Å². The molecule has 0 amide bonds. The molecule has 1 heterocycles. The zero-order valence-corrected chi connectivity index (χ0v) is 11.9. The maximum atomic E-state index is 5.96. The van der Waals surface area contributed by atoms with Crippen LogP contribution in [0.1, 0.15) is 38.3 Å². The summed E-state index contributed by atoms with van der Waals surface area (Å²) in [5.74, 6) is 0.566. The third-order valence-electron chi connectivity index (χ3n) is 3.74. The van der Waals surface area contributed by atoms with Gasteiger partial charge < -0.3 is 10.1 Å². The highest BCUT2D eigenvalue weighted by Crippen LogP contribution is 2.35. The molecule has 0 aliphatic carbocycles. The summed E-state index contributed by atoms with van der Waals surface area (Å²) in [5, 5.41) is 4.40. The van der Waals surface area contributed by atoms with Gasteiger partial charge in [-0.15, -0.1) is 0 Å². The zero-order chi connectivity index (χ0) is 13.0. The van der Waals surface area contributed by atoms with Crippen molar-refractivity contribution in [3.8, 4) is 0 Å². The minimum atomic E-state index is 0.375. The molecule has 0 bridgehead atoms. The first-order chi connectivity index (χ1) is 8.76. The van der Waals surface area contributed by atoms with E-state index >= 15 is 0 Å². The molecule has 3 atom stereocenters. The van der Waals surface area contributed by atoms with Crippen LogP contribution in [0, 0.1) is 5.92 Å². The van der Waals surface area contributed by atoms with Crippen molar-refractivity contribution < 1.29 is 4.74 Å². The lowest BCUT2D eigenvalue weighted by molar-refractivity contribution is 0.0776. The van der Waals surface area contributed by atoms with Gasteiger partial charge in [-0.2, -0.15) is 0 Å². The summed E-state index contributed by atoms with van der Waals surface area (Å²) in [6, 6.07) is 8.57. The Kier molecular flexibility index (Phi) is 5.04. The lowest BCUT2D eigenvalue weighted by Gasteiger charge is -2.28. The van der Waals surface area contributed by atoms with E-state index in [0.717, 1.165) is 31.0 Å². The average Bonchev–Trinajstić information content (AvgIpc) is 2.85. The molecular weight excluding hydrogens is 246 g/mol. The van der Waals surface area contributed by atoms with Crippen molar-refractivity contribution in [2.24, 2.45) is 5.92 Å². The predicted molar refractivity (Wildman–Crippen MR) is 76.0 cm³/mol. The Morgan fingerprint density at radius 1 is 1.33 bits per heavy atom. The molecule has 1 saturated heterocycles. The van der Waals surface area contributed by atoms with Crippen molar-refractivity contribution in [2.75, 3.05) is 13.2 Å². The molecule has 1 fully saturated rings. The molecule has 0 saturated carbocycles. The zero-order valence-electron chi connectivity index (χ0n) is 11.2. The van der Waals surface area contributed by atoms with E-state index in [0.29, 0.717) is 18.1 Å². The van der Waals surface area contributed by atoms with Gasteiger partial charge in [0.1, 0.15) is 0 Å². The maximum Gasteiger partial charge on any atom is 0.0619 e. The largest absolute Gasteiger partial charge is 0.378 e. The first-order valence-corrected chi connectivity index (χ1v) is 7.24. The fourth-order valence-electron chi connectivity index (χ4n) is 2.87. The molecular formula is C15H22ClNO. The van der Waals surface area contributed by atoms with E-state index in [4.69, 9.17) is 16.3 Å². The molecule has 18 heavy (non-hydrogen) atoms. The van der Waals surface area contributed by atoms with Crippen LogP contribution in [0.25, 0.3) is 0 Å². The van der Waals surface area contributed by atoms with Crippen molar-refractivity contribution in [1.82, 2.24) is 5.32 Å². The normalized spacial score (nSPS) is 25.3. The second-order valence-electron chi connectivity index (χ2n) is 4.86. The quantitative estimate of drug-likeness (QED) is 0.876. The van der Waals surface area contributed by atoms with Gasteiger partial charge in [0, 0.05) is 23.6 Å². The van der Waals surface area contributed by atoms with Crippen LogP contribution in [-0.2, 0) is 4.74 Å². The number of benzene rings is 1. The summed E-state index contributed by atoms with van der Waals surface area (Å²) < 4.78 is 5.82. The molecule has 100 valence electrons. The standard InChI is InChI=1S/C15H22ClNO/c1-3-14-13(9-10-18-14)15(17-4-2)11-5-7-12(16)8-6-11/h5-8,13-15,17H,3-4,9-10H2,1-2H3. The van der Waals surface area contributed by atoms with E-state index in [-0.39, 0.29) is 0 Å². The molecule has 3 unspecified atom stereocenters. The molecule has 3 heteroatoms. The highest BCUT2D eigenvalue weighted by Gasteiger charge is 2.33. The highest BCUT2D eigenvalue weighted by molar-refractivity contribution is 6.30. The molecule has 1 aliphatic heterocycles. The summed E-state index contributed by atoms with van der Waals surface area (Å²) in [6.45, 7) is 6.21. The second kappa shape index (κ2) is 6.55. The topological polar surface area (TPSA) is 21.3 Å². The molecule has 1 aromatic rings. The third kappa shape index (κ3) is 3.05. The Bertz CT molecular complexity index is 365. The van der Waals surface area contributed by atoms with Crippen molar-refractivity contribution in [1.29, 1.82) is 0 Å². The van der Waals surface area contributed by atoms with Gasteiger partial charge in [-0.1, -0.05) is 37.6 Å². The van der Waals surface area contributed by atoms with Crippen LogP contribution in [0.2, 0.25) is 5.02 Å². The van der Waals surface area contributed by atoms with E-state index < -0.39 is 0 Å². The molecule has 1 aliphatic rings. The van der Waals surface area contributed by atoms with Gasteiger partial charge in [0.2, 0.25) is 0 Å². The number of ether oxygens (including phenoxy) is 1. The van der Waals surface area contributed by atoms with Gasteiger partial charge in [0.15, 0.2) is 0 Å². The minimum absolute atomic E-state index is 0.375. The molecule has 0 spiro atoms. The first-order valence-electron chi connectivity index (χ1n) is 6.86. The second-order valence-corrected chi connectivity index (χ2v) is 5.29. The van der Waals surface area contributed by atoms with Crippen LogP contribution in [0.5, 0.6) is 0 Å². The summed E-state index contributed by atoms with van der Waals surface area (Å²) in [6.07, 6.45) is 2.60. The Morgan fingerprint density at radius 3 is 2.67 bits per heavy atom. The molecule has 0 radical (unpaired) electrons. The van der Waals surface area contributed by atoms with Gasteiger partial charge >= 0.3 is 0 Å². The van der Waals surface area contributed by atoms with Crippen LogP contribution in [0.4, 0.5) is 0 Å². The third-order valence-corrected chi connectivity index (χ3v) is 4.00. The van der Waals surface area contributed by atoms with Gasteiger partial charge in [-0.25, -0.2) is 0 Å². The smallest absolute Gasteiger partial charge is 0.0619 e. The maximum absolute atomic E-state index is 5.96.